The molecule has 300 valence electrons. The molecule has 3 amide bonds. The fourth-order valence-electron chi connectivity index (χ4n) is 5.36. The Hall–Kier alpha value is -4.61. The molecular weight excluding hydrogens is 765 g/mol. The van der Waals surface area contributed by atoms with Crippen molar-refractivity contribution in [3.05, 3.63) is 82.5 Å². The monoisotopic (exact) mass is 810 g/mol. The number of ether oxygens (including phenoxy) is 2. The first-order valence-electron chi connectivity index (χ1n) is 17.4. The van der Waals surface area contributed by atoms with Crippen LogP contribution in [0.3, 0.4) is 0 Å². The number of nitrogens with zero attached hydrogens (tertiary/aromatic N) is 4. The van der Waals surface area contributed by atoms with Gasteiger partial charge >= 0.3 is 18.4 Å². The van der Waals surface area contributed by atoms with Gasteiger partial charge in [-0.2, -0.15) is 17.5 Å². The van der Waals surface area contributed by atoms with E-state index in [-0.39, 0.29) is 56.5 Å². The number of carbonyl (C=O) groups excluding carboxylic acids is 3. The standard InChI is InChI=1S/C37H46ClF3N6O7S/c1-35(2,3)53-33(49)42-16-7-17-46(34(50)54-36(4,5)6)24-25-8-10-26(11-9-25)32(48)44-27-12-14-28(15-13-27)55(51,52)47-20-18-45(19-21-47)31-22-29(37(39,40)41)30(38)23-43-31/h8-15,22-23H,7,16-21,24H2,1-6H3,(H,42,49)(H,44,48). The minimum atomic E-state index is -4.66. The number of pyridine rings is 1. The zero-order chi connectivity index (χ0) is 40.8. The molecule has 1 saturated heterocycles. The number of piperazine rings is 1. The van der Waals surface area contributed by atoms with Crippen LogP contribution in [0.1, 0.15) is 69.4 Å². The fraction of sp³-hybridized carbons (Fsp3) is 0.459. The highest BCUT2D eigenvalue weighted by molar-refractivity contribution is 7.89. The number of sulfonamides is 1. The van der Waals surface area contributed by atoms with Crippen LogP contribution in [0.25, 0.3) is 0 Å². The predicted molar refractivity (Wildman–Crippen MR) is 202 cm³/mol. The van der Waals surface area contributed by atoms with E-state index in [4.69, 9.17) is 21.1 Å². The van der Waals surface area contributed by atoms with E-state index >= 15 is 0 Å². The van der Waals surface area contributed by atoms with Crippen molar-refractivity contribution in [3.63, 3.8) is 0 Å². The van der Waals surface area contributed by atoms with Gasteiger partial charge in [0.15, 0.2) is 0 Å². The highest BCUT2D eigenvalue weighted by atomic mass is 35.5. The van der Waals surface area contributed by atoms with E-state index in [0.29, 0.717) is 17.7 Å². The lowest BCUT2D eigenvalue weighted by Crippen LogP contribution is -2.49. The Morgan fingerprint density at radius 1 is 0.891 bits per heavy atom. The third kappa shape index (κ3) is 12.7. The molecule has 0 unspecified atom stereocenters. The van der Waals surface area contributed by atoms with E-state index in [9.17, 15) is 36.0 Å². The second-order valence-corrected chi connectivity index (χ2v) is 17.1. The van der Waals surface area contributed by atoms with E-state index < -0.39 is 56.1 Å². The van der Waals surface area contributed by atoms with Gasteiger partial charge in [0, 0.05) is 63.3 Å². The maximum atomic E-state index is 13.4. The molecule has 13 nitrogen and oxygen atoms in total. The number of halogens is 4. The van der Waals surface area contributed by atoms with Crippen LogP contribution < -0.4 is 15.5 Å². The zero-order valence-corrected chi connectivity index (χ0v) is 33.1. The number of nitrogens with one attached hydrogen (secondary N) is 2. The Morgan fingerprint density at radius 3 is 2.05 bits per heavy atom. The summed E-state index contributed by atoms with van der Waals surface area (Å²) in [6.45, 7) is 11.6. The van der Waals surface area contributed by atoms with Crippen LogP contribution in [-0.4, -0.2) is 91.2 Å². The Kier molecular flexibility index (Phi) is 13.7. The van der Waals surface area contributed by atoms with Crippen LogP contribution in [-0.2, 0) is 32.2 Å². The molecule has 2 aromatic carbocycles. The second-order valence-electron chi connectivity index (χ2n) is 14.8. The van der Waals surface area contributed by atoms with Crippen LogP contribution in [0.15, 0.2) is 65.7 Å². The number of aromatic nitrogens is 1. The Labute approximate surface area is 324 Å². The molecule has 0 aliphatic carbocycles. The Bertz CT molecular complexity index is 1930. The summed E-state index contributed by atoms with van der Waals surface area (Å²) in [5.41, 5.74) is -0.975. The smallest absolute Gasteiger partial charge is 0.418 e. The van der Waals surface area contributed by atoms with Gasteiger partial charge in [0.05, 0.1) is 15.5 Å². The molecule has 3 aromatic rings. The molecular formula is C37H46ClF3N6O7S. The molecule has 0 spiro atoms. The average Bonchev–Trinajstić information content (AvgIpc) is 3.08. The molecule has 55 heavy (non-hydrogen) atoms. The largest absolute Gasteiger partial charge is 0.444 e. The van der Waals surface area contributed by atoms with Gasteiger partial charge in [-0.15, -0.1) is 0 Å². The van der Waals surface area contributed by atoms with Gasteiger partial charge in [0.1, 0.15) is 17.0 Å². The van der Waals surface area contributed by atoms with Gasteiger partial charge in [-0.25, -0.2) is 23.0 Å². The SMILES string of the molecule is CC(C)(C)OC(=O)NCCCN(Cc1ccc(C(=O)Nc2ccc(S(=O)(=O)N3CCN(c4cc(C(F)(F)F)c(Cl)cn4)CC3)cc2)cc1)C(=O)OC(C)(C)C. The van der Waals surface area contributed by atoms with Crippen LogP contribution in [0.2, 0.25) is 5.02 Å². The van der Waals surface area contributed by atoms with Crippen molar-refractivity contribution >= 4 is 51.2 Å². The number of hydrogen-bond donors (Lipinski definition) is 2. The minimum Gasteiger partial charge on any atom is -0.444 e. The van der Waals surface area contributed by atoms with E-state index in [1.54, 1.807) is 70.7 Å². The molecule has 1 aromatic heterocycles. The van der Waals surface area contributed by atoms with Crippen molar-refractivity contribution < 1.29 is 45.4 Å². The summed E-state index contributed by atoms with van der Waals surface area (Å²) in [4.78, 5) is 45.1. The number of carbonyl (C=O) groups is 3. The molecule has 1 aliphatic heterocycles. The summed E-state index contributed by atoms with van der Waals surface area (Å²) in [7, 11) is -3.94. The highest BCUT2D eigenvalue weighted by Crippen LogP contribution is 2.36. The van der Waals surface area contributed by atoms with Crippen LogP contribution >= 0.6 is 11.6 Å². The van der Waals surface area contributed by atoms with Crippen molar-refractivity contribution in [1.82, 2.24) is 19.5 Å². The number of anilines is 2. The zero-order valence-electron chi connectivity index (χ0n) is 31.5. The fourth-order valence-corrected chi connectivity index (χ4v) is 6.99. The summed E-state index contributed by atoms with van der Waals surface area (Å²) in [5.74, 6) is -0.396. The van der Waals surface area contributed by atoms with Crippen molar-refractivity contribution in [2.75, 3.05) is 49.5 Å². The van der Waals surface area contributed by atoms with Crippen molar-refractivity contribution in [1.29, 1.82) is 0 Å². The predicted octanol–water partition coefficient (Wildman–Crippen LogP) is 7.17. The first kappa shape index (κ1) is 43.1. The van der Waals surface area contributed by atoms with Crippen LogP contribution in [0.4, 0.5) is 34.3 Å². The topological polar surface area (TPSA) is 150 Å². The molecule has 0 bridgehead atoms. The molecule has 2 heterocycles. The molecule has 1 aliphatic rings. The Morgan fingerprint density at radius 2 is 1.49 bits per heavy atom. The van der Waals surface area contributed by atoms with E-state index in [2.05, 4.69) is 15.6 Å². The maximum absolute atomic E-state index is 13.4. The van der Waals surface area contributed by atoms with Crippen molar-refractivity contribution in [2.45, 2.75) is 76.8 Å². The molecule has 0 atom stereocenters. The van der Waals surface area contributed by atoms with Crippen LogP contribution in [0.5, 0.6) is 0 Å². The van der Waals surface area contributed by atoms with E-state index in [0.717, 1.165) is 17.8 Å². The Balaban J connectivity index is 1.32. The molecule has 2 N–H and O–H groups in total. The molecule has 18 heteroatoms. The quantitative estimate of drug-likeness (QED) is 0.192. The number of rotatable bonds is 11. The molecule has 0 radical (unpaired) electrons. The van der Waals surface area contributed by atoms with Crippen molar-refractivity contribution in [3.8, 4) is 0 Å². The summed E-state index contributed by atoms with van der Waals surface area (Å²) >= 11 is 5.68. The lowest BCUT2D eigenvalue weighted by Gasteiger charge is -2.35. The minimum absolute atomic E-state index is 0.0116. The second kappa shape index (κ2) is 17.5. The first-order chi connectivity index (χ1) is 25.5. The highest BCUT2D eigenvalue weighted by Gasteiger charge is 2.35. The molecule has 0 saturated carbocycles. The number of hydrogen-bond acceptors (Lipinski definition) is 9. The van der Waals surface area contributed by atoms with Gasteiger partial charge in [0.2, 0.25) is 10.0 Å². The van der Waals surface area contributed by atoms with Gasteiger partial charge in [-0.05, 0) is 96.0 Å². The van der Waals surface area contributed by atoms with Gasteiger partial charge in [-0.3, -0.25) is 4.79 Å². The summed E-state index contributed by atoms with van der Waals surface area (Å²) in [6.07, 6.45) is -4.37. The number of alkyl carbamates (subject to hydrolysis) is 1. The third-order valence-corrected chi connectivity index (χ3v) is 10.2. The summed E-state index contributed by atoms with van der Waals surface area (Å²) in [6, 6.07) is 13.1. The average molecular weight is 811 g/mol. The van der Waals surface area contributed by atoms with Gasteiger partial charge < -0.3 is 29.9 Å². The van der Waals surface area contributed by atoms with E-state index in [1.807, 2.05) is 0 Å². The van der Waals surface area contributed by atoms with Gasteiger partial charge in [-0.1, -0.05) is 23.7 Å². The third-order valence-electron chi connectivity index (χ3n) is 7.97. The lowest BCUT2D eigenvalue weighted by atomic mass is 10.1. The number of amides is 3. The molecule has 1 fully saturated rings. The maximum Gasteiger partial charge on any atom is 0.418 e. The van der Waals surface area contributed by atoms with Crippen molar-refractivity contribution in [2.24, 2.45) is 0 Å². The normalized spacial score (nSPS) is 14.3. The number of benzene rings is 2. The van der Waals surface area contributed by atoms with Crippen LogP contribution in [0, 0.1) is 0 Å². The lowest BCUT2D eigenvalue weighted by molar-refractivity contribution is -0.137. The number of alkyl halides is 3. The summed E-state index contributed by atoms with van der Waals surface area (Å²) in [5, 5.41) is 4.90. The van der Waals surface area contributed by atoms with Gasteiger partial charge in [0.25, 0.3) is 5.91 Å². The molecule has 4 rings (SSSR count). The first-order valence-corrected chi connectivity index (χ1v) is 19.3. The van der Waals surface area contributed by atoms with E-state index in [1.165, 1.54) is 33.5 Å². The summed E-state index contributed by atoms with van der Waals surface area (Å²) < 4.78 is 78.7.